The van der Waals surface area contributed by atoms with Crippen LogP contribution in [0.1, 0.15) is 31.2 Å². The molecule has 0 aromatic heterocycles. The monoisotopic (exact) mass is 337 g/mol. The van der Waals surface area contributed by atoms with Crippen molar-refractivity contribution in [2.75, 3.05) is 39.3 Å². The van der Waals surface area contributed by atoms with Crippen molar-refractivity contribution in [3.63, 3.8) is 0 Å². The SMILES string of the molecule is CC(CC(=O)N1CCC(N2CCNCC2)C1)c1ccccc1.Cl. The summed E-state index contributed by atoms with van der Waals surface area (Å²) >= 11 is 0. The van der Waals surface area contributed by atoms with Gasteiger partial charge in [-0.2, -0.15) is 0 Å². The zero-order valence-electron chi connectivity index (χ0n) is 13.9. The van der Waals surface area contributed by atoms with Crippen molar-refractivity contribution < 1.29 is 4.79 Å². The molecule has 5 heteroatoms. The van der Waals surface area contributed by atoms with Crippen molar-refractivity contribution in [2.45, 2.75) is 31.7 Å². The summed E-state index contributed by atoms with van der Waals surface area (Å²) in [7, 11) is 0. The van der Waals surface area contributed by atoms with Gasteiger partial charge in [-0.25, -0.2) is 0 Å². The maximum atomic E-state index is 12.6. The summed E-state index contributed by atoms with van der Waals surface area (Å²) in [4.78, 5) is 17.2. The Kier molecular flexibility index (Phi) is 6.88. The predicted molar refractivity (Wildman–Crippen MR) is 96.1 cm³/mol. The second-order valence-corrected chi connectivity index (χ2v) is 6.58. The third-order valence-electron chi connectivity index (χ3n) is 5.03. The van der Waals surface area contributed by atoms with Crippen LogP contribution in [-0.4, -0.2) is 61.0 Å². The molecule has 2 aliphatic heterocycles. The maximum absolute atomic E-state index is 12.6. The smallest absolute Gasteiger partial charge is 0.223 e. The van der Waals surface area contributed by atoms with Gasteiger partial charge >= 0.3 is 0 Å². The lowest BCUT2D eigenvalue weighted by Gasteiger charge is -2.32. The molecule has 2 fully saturated rings. The van der Waals surface area contributed by atoms with Gasteiger partial charge in [0.1, 0.15) is 0 Å². The number of nitrogens with zero attached hydrogens (tertiary/aromatic N) is 2. The van der Waals surface area contributed by atoms with Gasteiger partial charge in [0, 0.05) is 51.7 Å². The first-order valence-corrected chi connectivity index (χ1v) is 8.51. The average Bonchev–Trinajstić information content (AvgIpc) is 3.06. The second-order valence-electron chi connectivity index (χ2n) is 6.58. The lowest BCUT2D eigenvalue weighted by atomic mass is 9.97. The zero-order chi connectivity index (χ0) is 15.4. The maximum Gasteiger partial charge on any atom is 0.223 e. The Labute approximate surface area is 145 Å². The fourth-order valence-electron chi connectivity index (χ4n) is 3.60. The zero-order valence-corrected chi connectivity index (χ0v) is 14.7. The quantitative estimate of drug-likeness (QED) is 0.914. The number of benzene rings is 1. The lowest BCUT2D eigenvalue weighted by molar-refractivity contribution is -0.130. The van der Waals surface area contributed by atoms with Gasteiger partial charge in [-0.1, -0.05) is 37.3 Å². The number of hydrogen-bond acceptors (Lipinski definition) is 3. The molecule has 1 aromatic rings. The second kappa shape index (κ2) is 8.67. The molecule has 0 saturated carbocycles. The van der Waals surface area contributed by atoms with Crippen LogP contribution >= 0.6 is 12.4 Å². The molecule has 3 rings (SSSR count). The molecule has 128 valence electrons. The summed E-state index contributed by atoms with van der Waals surface area (Å²) in [5, 5.41) is 3.39. The van der Waals surface area contributed by atoms with E-state index in [-0.39, 0.29) is 12.4 Å². The minimum atomic E-state index is 0. The first-order chi connectivity index (χ1) is 10.7. The first-order valence-electron chi connectivity index (χ1n) is 8.51. The van der Waals surface area contributed by atoms with Gasteiger partial charge in [-0.15, -0.1) is 12.4 Å². The number of amides is 1. The van der Waals surface area contributed by atoms with Crippen molar-refractivity contribution >= 4 is 18.3 Å². The van der Waals surface area contributed by atoms with Gasteiger partial charge in [0.15, 0.2) is 0 Å². The number of halogens is 1. The number of nitrogens with one attached hydrogen (secondary N) is 1. The molecule has 23 heavy (non-hydrogen) atoms. The number of rotatable bonds is 4. The highest BCUT2D eigenvalue weighted by atomic mass is 35.5. The summed E-state index contributed by atoms with van der Waals surface area (Å²) in [6, 6.07) is 10.9. The van der Waals surface area contributed by atoms with E-state index in [0.717, 1.165) is 45.7 Å². The molecule has 2 heterocycles. The molecule has 0 bridgehead atoms. The minimum Gasteiger partial charge on any atom is -0.341 e. The van der Waals surface area contributed by atoms with Crippen LogP contribution in [0.5, 0.6) is 0 Å². The van der Waals surface area contributed by atoms with E-state index in [2.05, 4.69) is 34.2 Å². The van der Waals surface area contributed by atoms with Crippen LogP contribution in [0.2, 0.25) is 0 Å². The third-order valence-corrected chi connectivity index (χ3v) is 5.03. The number of carbonyl (C=O) groups excluding carboxylic acids is 1. The molecule has 2 unspecified atom stereocenters. The van der Waals surface area contributed by atoms with Crippen molar-refractivity contribution in [2.24, 2.45) is 0 Å². The van der Waals surface area contributed by atoms with Gasteiger partial charge in [-0.3, -0.25) is 9.69 Å². The van der Waals surface area contributed by atoms with Gasteiger partial charge < -0.3 is 10.2 Å². The van der Waals surface area contributed by atoms with Crippen LogP contribution in [0.4, 0.5) is 0 Å². The summed E-state index contributed by atoms with van der Waals surface area (Å²) in [5.74, 6) is 0.612. The molecule has 2 saturated heterocycles. The summed E-state index contributed by atoms with van der Waals surface area (Å²) in [6.07, 6.45) is 1.75. The van der Waals surface area contributed by atoms with Gasteiger partial charge in [-0.05, 0) is 17.9 Å². The van der Waals surface area contributed by atoms with E-state index in [1.165, 1.54) is 5.56 Å². The van der Waals surface area contributed by atoms with Crippen LogP contribution in [0.3, 0.4) is 0 Å². The fraction of sp³-hybridized carbons (Fsp3) is 0.611. The number of hydrogen-bond donors (Lipinski definition) is 1. The molecule has 0 radical (unpaired) electrons. The summed E-state index contributed by atoms with van der Waals surface area (Å²) in [5.41, 5.74) is 1.26. The molecule has 0 aliphatic carbocycles. The van der Waals surface area contributed by atoms with Crippen LogP contribution in [0, 0.1) is 0 Å². The summed E-state index contributed by atoms with van der Waals surface area (Å²) < 4.78 is 0. The molecular weight excluding hydrogens is 310 g/mol. The fourth-order valence-corrected chi connectivity index (χ4v) is 3.60. The molecule has 2 atom stereocenters. The third kappa shape index (κ3) is 4.69. The Morgan fingerprint density at radius 1 is 1.22 bits per heavy atom. The van der Waals surface area contributed by atoms with E-state index >= 15 is 0 Å². The highest BCUT2D eigenvalue weighted by Gasteiger charge is 2.31. The van der Waals surface area contributed by atoms with E-state index in [4.69, 9.17) is 0 Å². The molecule has 4 nitrogen and oxygen atoms in total. The lowest BCUT2D eigenvalue weighted by Crippen LogP contribution is -2.49. The van der Waals surface area contributed by atoms with Crippen LogP contribution < -0.4 is 5.32 Å². The van der Waals surface area contributed by atoms with Gasteiger partial charge in [0.2, 0.25) is 5.91 Å². The normalized spacial score (nSPS) is 23.3. The van der Waals surface area contributed by atoms with Crippen LogP contribution in [0.15, 0.2) is 30.3 Å². The highest BCUT2D eigenvalue weighted by Crippen LogP contribution is 2.22. The Morgan fingerprint density at radius 2 is 1.91 bits per heavy atom. The van der Waals surface area contributed by atoms with E-state index in [9.17, 15) is 4.79 Å². The van der Waals surface area contributed by atoms with E-state index < -0.39 is 0 Å². The van der Waals surface area contributed by atoms with Gasteiger partial charge in [0.05, 0.1) is 0 Å². The molecule has 2 aliphatic rings. The van der Waals surface area contributed by atoms with E-state index in [1.54, 1.807) is 0 Å². The van der Waals surface area contributed by atoms with E-state index in [0.29, 0.717) is 24.3 Å². The molecule has 1 aromatic carbocycles. The molecule has 1 N–H and O–H groups in total. The number of piperazine rings is 1. The number of carbonyl (C=O) groups is 1. The van der Waals surface area contributed by atoms with Crippen LogP contribution in [0.25, 0.3) is 0 Å². The highest BCUT2D eigenvalue weighted by molar-refractivity contribution is 5.85. The first kappa shape index (κ1) is 18.2. The van der Waals surface area contributed by atoms with Crippen LogP contribution in [-0.2, 0) is 4.79 Å². The predicted octanol–water partition coefficient (Wildman–Crippen LogP) is 2.11. The van der Waals surface area contributed by atoms with Crippen molar-refractivity contribution in [1.82, 2.24) is 15.1 Å². The Balaban J connectivity index is 0.00000192. The standard InChI is InChI=1S/C18H27N3O.ClH/c1-15(16-5-3-2-4-6-16)13-18(22)21-10-7-17(14-21)20-11-8-19-9-12-20;/h2-6,15,17,19H,7-14H2,1H3;1H. The summed E-state index contributed by atoms with van der Waals surface area (Å²) in [6.45, 7) is 8.39. The average molecular weight is 338 g/mol. The molecule has 1 amide bonds. The largest absolute Gasteiger partial charge is 0.341 e. The number of likely N-dealkylation sites (tertiary alicyclic amines) is 1. The molecule has 0 spiro atoms. The topological polar surface area (TPSA) is 35.6 Å². The van der Waals surface area contributed by atoms with E-state index in [1.807, 2.05) is 18.2 Å². The van der Waals surface area contributed by atoms with Crippen molar-refractivity contribution in [3.05, 3.63) is 35.9 Å². The molecular formula is C18H28ClN3O. The minimum absolute atomic E-state index is 0. The van der Waals surface area contributed by atoms with Crippen molar-refractivity contribution in [1.29, 1.82) is 0 Å². The Bertz CT molecular complexity index is 490. The Morgan fingerprint density at radius 3 is 2.61 bits per heavy atom. The van der Waals surface area contributed by atoms with Crippen molar-refractivity contribution in [3.8, 4) is 0 Å². The van der Waals surface area contributed by atoms with Gasteiger partial charge in [0.25, 0.3) is 0 Å². The Hall–Kier alpha value is -1.10.